The first-order valence-corrected chi connectivity index (χ1v) is 13.2. The Bertz CT molecular complexity index is 1290. The maximum Gasteiger partial charge on any atom is 0.423 e. The molecule has 1 aliphatic heterocycles. The summed E-state index contributed by atoms with van der Waals surface area (Å²) < 4.78 is 78.7. The fourth-order valence-corrected chi connectivity index (χ4v) is 5.06. The topological polar surface area (TPSA) is 87.8 Å². The lowest BCUT2D eigenvalue weighted by Crippen LogP contribution is -2.35. The third kappa shape index (κ3) is 7.35. The minimum absolute atomic E-state index is 0.208. The fraction of sp³-hybridized carbons (Fsp3) is 0.417. The van der Waals surface area contributed by atoms with Gasteiger partial charge in [0.05, 0.1) is 21.2 Å². The van der Waals surface area contributed by atoms with Crippen molar-refractivity contribution < 1.29 is 36.1 Å². The predicted octanol–water partition coefficient (Wildman–Crippen LogP) is 7.09. The molecule has 15 heteroatoms. The van der Waals surface area contributed by atoms with Crippen molar-refractivity contribution in [1.29, 1.82) is 0 Å². The summed E-state index contributed by atoms with van der Waals surface area (Å²) in [6.07, 6.45) is -6.28. The highest BCUT2D eigenvalue weighted by Crippen LogP contribution is 2.40. The standard InChI is InChI=1S/C24H23ClF6N4O3S/c1-22(8-3-9-39-2)13-34(33-21(22)14-4-6-16(18(25)10-14)23(26,27)28)12-20(36)32-15-5-7-17(24(29,30)31)19(11-15)35(37)38/h4-7,10-11H,3,8-9,12-13H2,1-2H3,(H,32,36). The van der Waals surface area contributed by atoms with Gasteiger partial charge in [0.1, 0.15) is 12.1 Å². The van der Waals surface area contributed by atoms with Gasteiger partial charge in [0.2, 0.25) is 5.91 Å². The number of nitrogens with one attached hydrogen (secondary N) is 1. The van der Waals surface area contributed by atoms with E-state index >= 15 is 0 Å². The minimum Gasteiger partial charge on any atom is -0.324 e. The van der Waals surface area contributed by atoms with Crippen molar-refractivity contribution >= 4 is 46.4 Å². The molecule has 1 atom stereocenters. The average Bonchev–Trinajstić information content (AvgIpc) is 3.13. The summed E-state index contributed by atoms with van der Waals surface area (Å²) in [5.74, 6) is 0.120. The number of halogens is 7. The first kappa shape index (κ1) is 30.5. The summed E-state index contributed by atoms with van der Waals surface area (Å²) in [5.41, 5.74) is -3.69. The zero-order valence-corrected chi connectivity index (χ0v) is 22.2. The van der Waals surface area contributed by atoms with Crippen LogP contribution in [0.4, 0.5) is 37.7 Å². The van der Waals surface area contributed by atoms with Crippen molar-refractivity contribution in [2.45, 2.75) is 32.1 Å². The second kappa shape index (κ2) is 11.6. The van der Waals surface area contributed by atoms with E-state index in [2.05, 4.69) is 10.4 Å². The number of hydrazone groups is 1. The first-order chi connectivity index (χ1) is 18.0. The smallest absolute Gasteiger partial charge is 0.324 e. The fourth-order valence-electron chi connectivity index (χ4n) is 4.34. The summed E-state index contributed by atoms with van der Waals surface area (Å²) in [7, 11) is 0. The van der Waals surface area contributed by atoms with Gasteiger partial charge in [-0.2, -0.15) is 43.2 Å². The number of amides is 1. The van der Waals surface area contributed by atoms with Gasteiger partial charge in [-0.15, -0.1) is 0 Å². The molecule has 0 bridgehead atoms. The molecule has 1 heterocycles. The molecule has 1 N–H and O–H groups in total. The lowest BCUT2D eigenvalue weighted by molar-refractivity contribution is -0.388. The molecule has 3 rings (SSSR count). The number of anilines is 1. The Morgan fingerprint density at radius 1 is 1.15 bits per heavy atom. The van der Waals surface area contributed by atoms with Crippen LogP contribution in [0.3, 0.4) is 0 Å². The molecule has 1 amide bonds. The van der Waals surface area contributed by atoms with E-state index in [0.717, 1.165) is 24.3 Å². The van der Waals surface area contributed by atoms with Crippen LogP contribution in [0, 0.1) is 15.5 Å². The first-order valence-electron chi connectivity index (χ1n) is 11.4. The van der Waals surface area contributed by atoms with Crippen LogP contribution in [0.2, 0.25) is 5.02 Å². The van der Waals surface area contributed by atoms with E-state index in [-0.39, 0.29) is 18.8 Å². The number of carbonyl (C=O) groups excluding carboxylic acids is 1. The van der Waals surface area contributed by atoms with Crippen LogP contribution in [0.5, 0.6) is 0 Å². The number of nitrogens with zero attached hydrogens (tertiary/aromatic N) is 3. The van der Waals surface area contributed by atoms with E-state index in [1.54, 1.807) is 11.8 Å². The van der Waals surface area contributed by atoms with Gasteiger partial charge in [-0.3, -0.25) is 19.9 Å². The summed E-state index contributed by atoms with van der Waals surface area (Å²) in [5, 5.41) is 18.9. The molecule has 0 fully saturated rings. The lowest BCUT2D eigenvalue weighted by Gasteiger charge is -2.27. The minimum atomic E-state index is -4.95. The Balaban J connectivity index is 1.85. The van der Waals surface area contributed by atoms with E-state index in [0.29, 0.717) is 29.8 Å². The van der Waals surface area contributed by atoms with Crippen LogP contribution in [0.15, 0.2) is 41.5 Å². The molecule has 0 saturated carbocycles. The second-order valence-corrected chi connectivity index (χ2v) is 10.5. The van der Waals surface area contributed by atoms with Crippen molar-refractivity contribution in [1.82, 2.24) is 5.01 Å². The highest BCUT2D eigenvalue weighted by Gasteiger charge is 2.41. The Kier molecular flexibility index (Phi) is 9.10. The van der Waals surface area contributed by atoms with Crippen LogP contribution < -0.4 is 5.32 Å². The maximum atomic E-state index is 13.2. The zero-order chi connectivity index (χ0) is 29.2. The van der Waals surface area contributed by atoms with Gasteiger partial charge < -0.3 is 5.32 Å². The summed E-state index contributed by atoms with van der Waals surface area (Å²) >= 11 is 7.55. The van der Waals surface area contributed by atoms with Crippen LogP contribution >= 0.6 is 23.4 Å². The quantitative estimate of drug-likeness (QED) is 0.144. The molecule has 7 nitrogen and oxygen atoms in total. The zero-order valence-electron chi connectivity index (χ0n) is 20.6. The Morgan fingerprint density at radius 3 is 2.36 bits per heavy atom. The Morgan fingerprint density at radius 2 is 1.79 bits per heavy atom. The Hall–Kier alpha value is -3.00. The maximum absolute atomic E-state index is 13.2. The molecule has 0 aliphatic carbocycles. The van der Waals surface area contributed by atoms with Gasteiger partial charge in [-0.05, 0) is 54.7 Å². The second-order valence-electron chi connectivity index (χ2n) is 9.16. The number of hydrogen-bond donors (Lipinski definition) is 1. The van der Waals surface area contributed by atoms with Crippen molar-refractivity contribution in [2.24, 2.45) is 10.5 Å². The van der Waals surface area contributed by atoms with Crippen LogP contribution in [-0.4, -0.2) is 46.6 Å². The number of carbonyl (C=O) groups is 1. The third-order valence-electron chi connectivity index (χ3n) is 6.08. The molecule has 212 valence electrons. The third-order valence-corrected chi connectivity index (χ3v) is 7.09. The largest absolute Gasteiger partial charge is 0.423 e. The molecular formula is C24H23ClF6N4O3S. The molecule has 2 aromatic carbocycles. The molecule has 0 spiro atoms. The molecule has 0 radical (unpaired) electrons. The molecule has 0 saturated heterocycles. The van der Waals surface area contributed by atoms with Gasteiger partial charge in [-0.25, -0.2) is 0 Å². The van der Waals surface area contributed by atoms with E-state index < -0.39 is 50.4 Å². The Labute approximate surface area is 228 Å². The molecule has 0 aromatic heterocycles. The summed E-state index contributed by atoms with van der Waals surface area (Å²) in [6, 6.07) is 5.36. The van der Waals surface area contributed by atoms with E-state index in [4.69, 9.17) is 11.6 Å². The van der Waals surface area contributed by atoms with Crippen molar-refractivity contribution in [3.63, 3.8) is 0 Å². The SMILES string of the molecule is CSCCCC1(C)CN(CC(=O)Nc2ccc(C(F)(F)F)c([N+](=O)[O-])c2)N=C1c1ccc(C(F)(F)F)c(Cl)c1. The van der Waals surface area contributed by atoms with E-state index in [1.807, 2.05) is 13.2 Å². The van der Waals surface area contributed by atoms with Gasteiger partial charge in [0, 0.05) is 23.7 Å². The molecular weight excluding hydrogens is 574 g/mol. The molecule has 1 unspecified atom stereocenters. The normalized spacial score (nSPS) is 17.8. The van der Waals surface area contributed by atoms with Crippen molar-refractivity contribution in [3.8, 4) is 0 Å². The monoisotopic (exact) mass is 596 g/mol. The number of thioether (sulfide) groups is 1. The number of nitro groups is 1. The summed E-state index contributed by atoms with van der Waals surface area (Å²) in [4.78, 5) is 22.6. The van der Waals surface area contributed by atoms with E-state index in [1.165, 1.54) is 17.1 Å². The van der Waals surface area contributed by atoms with Crippen LogP contribution in [-0.2, 0) is 17.1 Å². The lowest BCUT2D eigenvalue weighted by atomic mass is 9.78. The summed E-state index contributed by atoms with van der Waals surface area (Å²) in [6.45, 7) is 1.75. The van der Waals surface area contributed by atoms with E-state index in [9.17, 15) is 41.3 Å². The molecule has 1 aliphatic rings. The van der Waals surface area contributed by atoms with Gasteiger partial charge >= 0.3 is 12.4 Å². The number of nitro benzene ring substituents is 1. The van der Waals surface area contributed by atoms with Crippen molar-refractivity contribution in [3.05, 3.63) is 68.2 Å². The van der Waals surface area contributed by atoms with Crippen molar-refractivity contribution in [2.75, 3.05) is 30.4 Å². The number of rotatable bonds is 9. The average molecular weight is 597 g/mol. The highest BCUT2D eigenvalue weighted by atomic mass is 35.5. The van der Waals surface area contributed by atoms with Crippen LogP contribution in [0.25, 0.3) is 0 Å². The number of alkyl halides is 6. The number of benzene rings is 2. The molecule has 39 heavy (non-hydrogen) atoms. The highest BCUT2D eigenvalue weighted by molar-refractivity contribution is 7.98. The number of hydrogen-bond acceptors (Lipinski definition) is 6. The van der Waals surface area contributed by atoms with Gasteiger partial charge in [0.25, 0.3) is 5.69 Å². The predicted molar refractivity (Wildman–Crippen MR) is 137 cm³/mol. The van der Waals surface area contributed by atoms with Gasteiger partial charge in [-0.1, -0.05) is 24.6 Å². The van der Waals surface area contributed by atoms with Gasteiger partial charge in [0.15, 0.2) is 0 Å². The molecule has 2 aromatic rings. The van der Waals surface area contributed by atoms with Crippen LogP contribution in [0.1, 0.15) is 36.5 Å².